The third kappa shape index (κ3) is 4.06. The van der Waals surface area contributed by atoms with E-state index in [-0.39, 0.29) is 0 Å². The van der Waals surface area contributed by atoms with Gasteiger partial charge in [-0.05, 0) is 35.4 Å². The minimum absolute atomic E-state index is 0.685. The van der Waals surface area contributed by atoms with Crippen LogP contribution in [0.15, 0.2) is 89.9 Å². The van der Waals surface area contributed by atoms with E-state index in [1.165, 1.54) is 5.56 Å². The molecule has 0 saturated carbocycles. The molecular formula is C20H17NO. The van der Waals surface area contributed by atoms with E-state index in [4.69, 9.17) is 4.74 Å². The number of hydrogen-bond donors (Lipinski definition) is 0. The van der Waals surface area contributed by atoms with E-state index in [2.05, 4.69) is 17.1 Å². The van der Waals surface area contributed by atoms with Crippen molar-refractivity contribution in [2.24, 2.45) is 4.99 Å². The Kier molecular flexibility index (Phi) is 4.63. The van der Waals surface area contributed by atoms with Crippen molar-refractivity contribution in [3.8, 4) is 11.5 Å². The molecule has 22 heavy (non-hydrogen) atoms. The van der Waals surface area contributed by atoms with Crippen LogP contribution in [-0.4, -0.2) is 6.21 Å². The maximum atomic E-state index is 5.82. The summed E-state index contributed by atoms with van der Waals surface area (Å²) in [4.78, 5) is 4.48. The fraction of sp³-hybridized carbons (Fsp3) is 0.0500. The second-order valence-electron chi connectivity index (χ2n) is 4.94. The van der Waals surface area contributed by atoms with Crippen molar-refractivity contribution in [1.82, 2.24) is 0 Å². The Balaban J connectivity index is 1.66. The Morgan fingerprint density at radius 2 is 1.41 bits per heavy atom. The summed E-state index contributed by atoms with van der Waals surface area (Å²) in [5, 5.41) is 0. The highest BCUT2D eigenvalue weighted by atomic mass is 16.5. The molecule has 0 amide bonds. The Labute approximate surface area is 130 Å². The minimum Gasteiger partial charge on any atom is -0.457 e. The van der Waals surface area contributed by atoms with Gasteiger partial charge >= 0.3 is 0 Å². The van der Waals surface area contributed by atoms with E-state index in [0.29, 0.717) is 6.54 Å². The second-order valence-corrected chi connectivity index (χ2v) is 4.94. The molecule has 2 heteroatoms. The maximum Gasteiger partial charge on any atom is 0.128 e. The van der Waals surface area contributed by atoms with Gasteiger partial charge < -0.3 is 4.74 Å². The van der Waals surface area contributed by atoms with E-state index in [0.717, 1.165) is 17.1 Å². The van der Waals surface area contributed by atoms with Crippen LogP contribution in [-0.2, 0) is 6.54 Å². The highest BCUT2D eigenvalue weighted by molar-refractivity contribution is 5.80. The molecule has 0 bridgehead atoms. The molecule has 2 nitrogen and oxygen atoms in total. The van der Waals surface area contributed by atoms with Gasteiger partial charge in [0.15, 0.2) is 0 Å². The molecule has 0 spiro atoms. The van der Waals surface area contributed by atoms with Gasteiger partial charge in [0, 0.05) is 6.21 Å². The monoisotopic (exact) mass is 287 g/mol. The van der Waals surface area contributed by atoms with E-state index < -0.39 is 0 Å². The molecule has 0 radical (unpaired) electrons. The van der Waals surface area contributed by atoms with Crippen molar-refractivity contribution in [2.75, 3.05) is 0 Å². The molecule has 0 aromatic heterocycles. The maximum absolute atomic E-state index is 5.82. The lowest BCUT2D eigenvalue weighted by Crippen LogP contribution is -1.87. The van der Waals surface area contributed by atoms with Crippen molar-refractivity contribution in [3.05, 3.63) is 96.1 Å². The predicted molar refractivity (Wildman–Crippen MR) is 90.7 cm³/mol. The highest BCUT2D eigenvalue weighted by Gasteiger charge is 1.97. The fourth-order valence-corrected chi connectivity index (χ4v) is 2.12. The lowest BCUT2D eigenvalue weighted by atomic mass is 10.2. The summed E-state index contributed by atoms with van der Waals surface area (Å²) in [7, 11) is 0. The summed E-state index contributed by atoms with van der Waals surface area (Å²) in [6, 6.07) is 27.9. The number of benzene rings is 3. The summed E-state index contributed by atoms with van der Waals surface area (Å²) in [6.45, 7) is 0.685. The van der Waals surface area contributed by atoms with Crippen molar-refractivity contribution < 1.29 is 4.74 Å². The summed E-state index contributed by atoms with van der Waals surface area (Å²) < 4.78 is 5.82. The molecule has 3 rings (SSSR count). The van der Waals surface area contributed by atoms with Crippen LogP contribution >= 0.6 is 0 Å². The average Bonchev–Trinajstić information content (AvgIpc) is 2.57. The highest BCUT2D eigenvalue weighted by Crippen LogP contribution is 2.21. The molecule has 108 valence electrons. The SMILES string of the molecule is C(=NCc1ccccc1)c1cccc(Oc2ccccc2)c1. The normalized spacial score (nSPS) is 10.7. The van der Waals surface area contributed by atoms with Gasteiger partial charge in [-0.25, -0.2) is 0 Å². The number of rotatable bonds is 5. The van der Waals surface area contributed by atoms with Crippen LogP contribution in [0.5, 0.6) is 11.5 Å². The zero-order chi connectivity index (χ0) is 15.0. The predicted octanol–water partition coefficient (Wildman–Crippen LogP) is 5.10. The van der Waals surface area contributed by atoms with Crippen LogP contribution in [0, 0.1) is 0 Å². The Morgan fingerprint density at radius 3 is 2.18 bits per heavy atom. The summed E-state index contributed by atoms with van der Waals surface area (Å²) >= 11 is 0. The molecule has 0 N–H and O–H groups in total. The van der Waals surface area contributed by atoms with Crippen LogP contribution in [0.4, 0.5) is 0 Å². The van der Waals surface area contributed by atoms with Crippen LogP contribution in [0.25, 0.3) is 0 Å². The van der Waals surface area contributed by atoms with Gasteiger partial charge in [0.1, 0.15) is 11.5 Å². The van der Waals surface area contributed by atoms with E-state index in [1.54, 1.807) is 0 Å². The first kappa shape index (κ1) is 14.1. The number of nitrogens with zero attached hydrogens (tertiary/aromatic N) is 1. The van der Waals surface area contributed by atoms with Gasteiger partial charge in [0.25, 0.3) is 0 Å². The van der Waals surface area contributed by atoms with Crippen LogP contribution < -0.4 is 4.74 Å². The molecule has 0 fully saturated rings. The van der Waals surface area contributed by atoms with Crippen LogP contribution in [0.3, 0.4) is 0 Å². The average molecular weight is 287 g/mol. The van der Waals surface area contributed by atoms with E-state index >= 15 is 0 Å². The lowest BCUT2D eigenvalue weighted by Gasteiger charge is -2.05. The Morgan fingerprint density at radius 1 is 0.727 bits per heavy atom. The molecule has 0 aliphatic heterocycles. The molecule has 3 aromatic rings. The van der Waals surface area contributed by atoms with Gasteiger partial charge in [-0.2, -0.15) is 0 Å². The van der Waals surface area contributed by atoms with Gasteiger partial charge in [-0.1, -0.05) is 60.7 Å². The molecule has 0 unspecified atom stereocenters. The van der Waals surface area contributed by atoms with Crippen LogP contribution in [0.2, 0.25) is 0 Å². The van der Waals surface area contributed by atoms with Crippen molar-refractivity contribution in [1.29, 1.82) is 0 Å². The Hall–Kier alpha value is -2.87. The zero-order valence-electron chi connectivity index (χ0n) is 12.2. The zero-order valence-corrected chi connectivity index (χ0v) is 12.2. The van der Waals surface area contributed by atoms with Gasteiger partial charge in [0.05, 0.1) is 6.54 Å². The Bertz CT molecular complexity index is 736. The van der Waals surface area contributed by atoms with Crippen molar-refractivity contribution in [2.45, 2.75) is 6.54 Å². The third-order valence-corrected chi connectivity index (χ3v) is 3.19. The van der Waals surface area contributed by atoms with Gasteiger partial charge in [-0.3, -0.25) is 4.99 Å². The fourth-order valence-electron chi connectivity index (χ4n) is 2.12. The molecule has 0 atom stereocenters. The number of para-hydroxylation sites is 1. The number of hydrogen-bond acceptors (Lipinski definition) is 2. The summed E-state index contributed by atoms with van der Waals surface area (Å²) in [5.41, 5.74) is 2.24. The number of aliphatic imine (C=N–C) groups is 1. The third-order valence-electron chi connectivity index (χ3n) is 3.19. The van der Waals surface area contributed by atoms with Gasteiger partial charge in [-0.15, -0.1) is 0 Å². The van der Waals surface area contributed by atoms with Crippen LogP contribution in [0.1, 0.15) is 11.1 Å². The summed E-state index contributed by atoms with van der Waals surface area (Å²) in [6.07, 6.45) is 1.88. The van der Waals surface area contributed by atoms with E-state index in [1.807, 2.05) is 79.0 Å². The molecule has 0 heterocycles. The lowest BCUT2D eigenvalue weighted by molar-refractivity contribution is 0.482. The molecule has 0 aliphatic carbocycles. The summed E-state index contributed by atoms with van der Waals surface area (Å²) in [5.74, 6) is 1.65. The minimum atomic E-state index is 0.685. The first-order valence-electron chi connectivity index (χ1n) is 7.27. The first-order valence-corrected chi connectivity index (χ1v) is 7.27. The molecule has 0 saturated heterocycles. The topological polar surface area (TPSA) is 21.6 Å². The molecule has 3 aromatic carbocycles. The largest absolute Gasteiger partial charge is 0.457 e. The quantitative estimate of drug-likeness (QED) is 0.598. The standard InChI is InChI=1S/C20H17NO/c1-3-8-17(9-4-1)15-21-16-18-10-7-13-20(14-18)22-19-11-5-2-6-12-19/h1-14,16H,15H2. The van der Waals surface area contributed by atoms with E-state index in [9.17, 15) is 0 Å². The molecular weight excluding hydrogens is 270 g/mol. The van der Waals surface area contributed by atoms with Crippen molar-refractivity contribution >= 4 is 6.21 Å². The number of ether oxygens (including phenoxy) is 1. The smallest absolute Gasteiger partial charge is 0.128 e. The van der Waals surface area contributed by atoms with Gasteiger partial charge in [0.2, 0.25) is 0 Å². The molecule has 0 aliphatic rings. The first-order chi connectivity index (χ1) is 10.9. The second kappa shape index (κ2) is 7.23. The van der Waals surface area contributed by atoms with Crippen molar-refractivity contribution in [3.63, 3.8) is 0 Å².